The van der Waals surface area contributed by atoms with Gasteiger partial charge in [-0.05, 0) is 37.6 Å². The lowest BCUT2D eigenvalue weighted by Gasteiger charge is -2.24. The van der Waals surface area contributed by atoms with Gasteiger partial charge in [-0.15, -0.1) is 0 Å². The number of nitrogens with zero attached hydrogens (tertiary/aromatic N) is 4. The van der Waals surface area contributed by atoms with E-state index in [4.69, 9.17) is 5.10 Å². The van der Waals surface area contributed by atoms with E-state index in [1.54, 1.807) is 16.8 Å². The van der Waals surface area contributed by atoms with Crippen molar-refractivity contribution in [3.8, 4) is 23.0 Å². The maximum absolute atomic E-state index is 12.7. The van der Waals surface area contributed by atoms with Gasteiger partial charge in [0.05, 0.1) is 5.69 Å². The Kier molecular flexibility index (Phi) is 4.51. The number of carbonyl (C=O) groups excluding carboxylic acids is 1. The van der Waals surface area contributed by atoms with Crippen LogP contribution in [0.3, 0.4) is 0 Å². The van der Waals surface area contributed by atoms with Crippen LogP contribution in [0.2, 0.25) is 0 Å². The molecule has 1 aliphatic rings. The molecule has 0 saturated carbocycles. The van der Waals surface area contributed by atoms with Gasteiger partial charge < -0.3 is 10.4 Å². The molecule has 0 radical (unpaired) electrons. The van der Waals surface area contributed by atoms with Crippen molar-refractivity contribution < 1.29 is 9.90 Å². The summed E-state index contributed by atoms with van der Waals surface area (Å²) in [6.45, 7) is 3.81. The molecule has 1 unspecified atom stereocenters. The number of fused-ring (bicyclic) bond motifs is 1. The van der Waals surface area contributed by atoms with Gasteiger partial charge in [-0.1, -0.05) is 42.5 Å². The highest BCUT2D eigenvalue weighted by molar-refractivity contribution is 5.96. The Morgan fingerprint density at radius 1 is 1.00 bits per heavy atom. The minimum Gasteiger partial charge on any atom is -0.508 e. The zero-order valence-corrected chi connectivity index (χ0v) is 17.2. The van der Waals surface area contributed by atoms with E-state index in [2.05, 4.69) is 15.3 Å². The predicted molar refractivity (Wildman–Crippen MR) is 117 cm³/mol. The number of benzene rings is 2. The Balaban J connectivity index is 1.78. The lowest BCUT2D eigenvalue weighted by atomic mass is 9.84. The zero-order valence-electron chi connectivity index (χ0n) is 17.2. The number of phenolic OH excluding ortho intramolecular Hbond substituents is 1. The highest BCUT2D eigenvalue weighted by atomic mass is 16.3. The highest BCUT2D eigenvalue weighted by Gasteiger charge is 2.35. The first-order chi connectivity index (χ1) is 15.0. The fourth-order valence-corrected chi connectivity index (χ4v) is 4.10. The molecule has 1 atom stereocenters. The fourth-order valence-electron chi connectivity index (χ4n) is 4.10. The van der Waals surface area contributed by atoms with E-state index in [0.29, 0.717) is 11.8 Å². The van der Waals surface area contributed by atoms with E-state index in [9.17, 15) is 9.90 Å². The summed E-state index contributed by atoms with van der Waals surface area (Å²) >= 11 is 0. The number of aromatic hydroxyl groups is 1. The van der Waals surface area contributed by atoms with Gasteiger partial charge in [0.2, 0.25) is 5.91 Å². The molecule has 154 valence electrons. The maximum Gasteiger partial charge on any atom is 0.252 e. The van der Waals surface area contributed by atoms with Gasteiger partial charge in [-0.25, -0.2) is 9.97 Å². The fraction of sp³-hybridized carbons (Fsp3) is 0.167. The molecule has 0 spiro atoms. The van der Waals surface area contributed by atoms with E-state index in [0.717, 1.165) is 33.8 Å². The Morgan fingerprint density at radius 3 is 2.35 bits per heavy atom. The van der Waals surface area contributed by atoms with Crippen molar-refractivity contribution in [1.82, 2.24) is 19.7 Å². The second kappa shape index (κ2) is 7.36. The molecule has 2 aromatic carbocycles. The van der Waals surface area contributed by atoms with Crippen molar-refractivity contribution in [1.29, 1.82) is 0 Å². The largest absolute Gasteiger partial charge is 0.508 e. The van der Waals surface area contributed by atoms with Crippen molar-refractivity contribution >= 4 is 11.7 Å². The van der Waals surface area contributed by atoms with Gasteiger partial charge in [0.25, 0.3) is 5.95 Å². The van der Waals surface area contributed by atoms with Crippen LogP contribution >= 0.6 is 0 Å². The van der Waals surface area contributed by atoms with E-state index < -0.39 is 0 Å². The molecule has 0 fully saturated rings. The number of aryl methyl sites for hydroxylation is 2. The molecule has 31 heavy (non-hydrogen) atoms. The lowest BCUT2D eigenvalue weighted by molar-refractivity contribution is -0.116. The van der Waals surface area contributed by atoms with E-state index in [1.807, 2.05) is 62.4 Å². The van der Waals surface area contributed by atoms with Gasteiger partial charge in [-0.3, -0.25) is 4.79 Å². The van der Waals surface area contributed by atoms with Crippen LogP contribution in [0.15, 0.2) is 60.7 Å². The number of hydrogen-bond acceptors (Lipinski definition) is 5. The summed E-state index contributed by atoms with van der Waals surface area (Å²) in [5, 5.41) is 17.6. The number of carbonyl (C=O) groups is 1. The van der Waals surface area contributed by atoms with Gasteiger partial charge in [0, 0.05) is 34.9 Å². The van der Waals surface area contributed by atoms with Crippen molar-refractivity contribution in [3.05, 3.63) is 83.2 Å². The predicted octanol–water partition coefficient (Wildman–Crippen LogP) is 4.13. The van der Waals surface area contributed by atoms with Crippen molar-refractivity contribution in [2.75, 3.05) is 5.32 Å². The standard InChI is InChI=1S/C24H21N5O2/c1-14-12-15(2)26-24(25-14)29-23-21(22(28-29)17-6-4-3-5-7-17)19(13-20(31)27-23)16-8-10-18(30)11-9-16/h3-12,19,30H,13H2,1-2H3,(H,27,31). The molecule has 2 aromatic heterocycles. The van der Waals surface area contributed by atoms with E-state index in [-0.39, 0.29) is 24.0 Å². The van der Waals surface area contributed by atoms with E-state index in [1.165, 1.54) is 0 Å². The lowest BCUT2D eigenvalue weighted by Crippen LogP contribution is -2.25. The van der Waals surface area contributed by atoms with Crippen LogP contribution in [0.5, 0.6) is 5.75 Å². The molecule has 0 aliphatic carbocycles. The molecule has 4 aromatic rings. The van der Waals surface area contributed by atoms with Crippen LogP contribution in [-0.2, 0) is 4.79 Å². The highest BCUT2D eigenvalue weighted by Crippen LogP contribution is 2.43. The molecule has 0 saturated heterocycles. The van der Waals surface area contributed by atoms with Crippen LogP contribution in [0.25, 0.3) is 17.2 Å². The van der Waals surface area contributed by atoms with Crippen LogP contribution in [0.4, 0.5) is 5.82 Å². The number of hydrogen-bond donors (Lipinski definition) is 2. The number of phenols is 1. The third-order valence-electron chi connectivity index (χ3n) is 5.42. The third kappa shape index (κ3) is 3.44. The van der Waals surface area contributed by atoms with Crippen molar-refractivity contribution in [2.24, 2.45) is 0 Å². The number of nitrogens with one attached hydrogen (secondary N) is 1. The monoisotopic (exact) mass is 411 g/mol. The van der Waals surface area contributed by atoms with Gasteiger partial charge in [0.15, 0.2) is 0 Å². The van der Waals surface area contributed by atoms with Crippen LogP contribution in [0, 0.1) is 13.8 Å². The molecule has 7 nitrogen and oxygen atoms in total. The first-order valence-electron chi connectivity index (χ1n) is 10.1. The minimum atomic E-state index is -0.209. The number of anilines is 1. The van der Waals surface area contributed by atoms with Crippen LogP contribution in [-0.4, -0.2) is 30.8 Å². The van der Waals surface area contributed by atoms with Crippen LogP contribution in [0.1, 0.15) is 34.9 Å². The van der Waals surface area contributed by atoms with Gasteiger partial charge in [0.1, 0.15) is 11.6 Å². The Hall–Kier alpha value is -4.00. The molecule has 1 aliphatic heterocycles. The Morgan fingerprint density at radius 2 is 1.68 bits per heavy atom. The molecular formula is C24H21N5O2. The van der Waals surface area contributed by atoms with Crippen molar-refractivity contribution in [3.63, 3.8) is 0 Å². The average molecular weight is 411 g/mol. The summed E-state index contributed by atoms with van der Waals surface area (Å²) in [7, 11) is 0. The summed E-state index contributed by atoms with van der Waals surface area (Å²) < 4.78 is 1.63. The summed E-state index contributed by atoms with van der Waals surface area (Å²) in [5.41, 5.74) is 5.22. The molecule has 0 bridgehead atoms. The summed E-state index contributed by atoms with van der Waals surface area (Å²) in [6, 6.07) is 18.8. The second-order valence-electron chi connectivity index (χ2n) is 7.74. The van der Waals surface area contributed by atoms with Crippen LogP contribution < -0.4 is 5.32 Å². The maximum atomic E-state index is 12.7. The van der Waals surface area contributed by atoms with Gasteiger partial charge >= 0.3 is 0 Å². The first-order valence-corrected chi connectivity index (χ1v) is 10.1. The average Bonchev–Trinajstić information content (AvgIpc) is 3.13. The third-order valence-corrected chi connectivity index (χ3v) is 5.42. The molecule has 3 heterocycles. The van der Waals surface area contributed by atoms with Gasteiger partial charge in [-0.2, -0.15) is 9.78 Å². The summed E-state index contributed by atoms with van der Waals surface area (Å²) in [5.74, 6) is 0.877. The Labute approximate surface area is 179 Å². The smallest absolute Gasteiger partial charge is 0.252 e. The topological polar surface area (TPSA) is 92.9 Å². The molecule has 1 amide bonds. The number of aromatic nitrogens is 4. The van der Waals surface area contributed by atoms with E-state index >= 15 is 0 Å². The summed E-state index contributed by atoms with van der Waals surface area (Å²) in [4.78, 5) is 21.8. The Bertz CT molecular complexity index is 1260. The number of amides is 1. The molecule has 7 heteroatoms. The first kappa shape index (κ1) is 19.0. The zero-order chi connectivity index (χ0) is 21.5. The molecule has 5 rings (SSSR count). The van der Waals surface area contributed by atoms with Crippen molar-refractivity contribution in [2.45, 2.75) is 26.2 Å². The SMILES string of the molecule is Cc1cc(C)nc(-n2nc(-c3ccccc3)c3c2NC(=O)CC3c2ccc(O)cc2)n1. The molecule has 2 N–H and O–H groups in total. The minimum absolute atomic E-state index is 0.101. The second-order valence-corrected chi connectivity index (χ2v) is 7.74. The number of rotatable bonds is 3. The quantitative estimate of drug-likeness (QED) is 0.529. The normalized spacial score (nSPS) is 15.4. The molecular weight excluding hydrogens is 390 g/mol. The summed E-state index contributed by atoms with van der Waals surface area (Å²) in [6.07, 6.45) is 0.289.